The van der Waals surface area contributed by atoms with E-state index in [0.29, 0.717) is 0 Å². The Morgan fingerprint density at radius 3 is 1.92 bits per heavy atom. The number of esters is 2. The molecule has 0 aliphatic carbocycles. The number of ether oxygens (including phenoxy) is 3. The molecule has 0 saturated carbocycles. The highest BCUT2D eigenvalue weighted by Gasteiger charge is 2.44. The number of rotatable bonds is 9. The first kappa shape index (κ1) is 21.3. The second-order valence-electron chi connectivity index (χ2n) is 5.11. The highest BCUT2D eigenvalue weighted by Crippen LogP contribution is 2.33. The molecule has 0 bridgehead atoms. The molecule has 0 radical (unpaired) electrons. The van der Waals surface area contributed by atoms with E-state index >= 15 is 0 Å². The summed E-state index contributed by atoms with van der Waals surface area (Å²) in [5.41, 5.74) is -0.784. The predicted molar refractivity (Wildman–Crippen MR) is 84.3 cm³/mol. The van der Waals surface area contributed by atoms with Gasteiger partial charge in [0.05, 0.1) is 26.2 Å². The van der Waals surface area contributed by atoms with Crippen LogP contribution in [0.4, 0.5) is 8.78 Å². The molecule has 0 aliphatic heterocycles. The molecule has 10 heteroatoms. The molecular weight excluding hydrogens is 356 g/mol. The first-order chi connectivity index (χ1) is 12.3. The third kappa shape index (κ3) is 5.11. The molecule has 1 aromatic rings. The fourth-order valence-corrected chi connectivity index (χ4v) is 2.45. The molecule has 0 heterocycles. The van der Waals surface area contributed by atoms with E-state index in [2.05, 4.69) is 0 Å². The van der Waals surface area contributed by atoms with Gasteiger partial charge in [0, 0.05) is 22.6 Å². The van der Waals surface area contributed by atoms with Gasteiger partial charge in [0.15, 0.2) is 5.92 Å². The first-order valence-corrected chi connectivity index (χ1v) is 7.74. The van der Waals surface area contributed by atoms with Gasteiger partial charge in [-0.15, -0.1) is 0 Å². The van der Waals surface area contributed by atoms with Crippen LogP contribution in [0.15, 0.2) is 12.1 Å². The molecular formula is C16H19F2NO7. The average molecular weight is 375 g/mol. The summed E-state index contributed by atoms with van der Waals surface area (Å²) in [6, 6.07) is 1.61. The Balaban J connectivity index is 3.52. The Labute approximate surface area is 148 Å². The summed E-state index contributed by atoms with van der Waals surface area (Å²) >= 11 is 0. The van der Waals surface area contributed by atoms with Crippen molar-refractivity contribution >= 4 is 11.9 Å². The largest absolute Gasteiger partial charge is 0.497 e. The quantitative estimate of drug-likeness (QED) is 0.282. The third-order valence-corrected chi connectivity index (χ3v) is 3.49. The summed E-state index contributed by atoms with van der Waals surface area (Å²) in [7, 11) is 1.18. The van der Waals surface area contributed by atoms with Crippen LogP contribution < -0.4 is 4.74 Å². The summed E-state index contributed by atoms with van der Waals surface area (Å²) in [6.07, 6.45) is 0. The van der Waals surface area contributed by atoms with Crippen molar-refractivity contribution in [2.45, 2.75) is 19.8 Å². The smallest absolute Gasteiger partial charge is 0.321 e. The maximum Gasteiger partial charge on any atom is 0.321 e. The third-order valence-electron chi connectivity index (χ3n) is 3.49. The summed E-state index contributed by atoms with van der Waals surface area (Å²) < 4.78 is 43.0. The monoisotopic (exact) mass is 375 g/mol. The number of methoxy groups -OCH3 is 1. The lowest BCUT2D eigenvalue weighted by molar-refractivity contribution is -0.484. The molecule has 0 N–H and O–H groups in total. The molecule has 1 rings (SSSR count). The molecule has 0 aliphatic rings. The SMILES string of the molecule is CCOC(=O)C(C(=O)OCC)C(C[N+](=O)[O-])c1c(F)cc(OC)cc1F. The van der Waals surface area contributed by atoms with E-state index in [-0.39, 0.29) is 19.0 Å². The van der Waals surface area contributed by atoms with E-state index < -0.39 is 52.4 Å². The zero-order valence-corrected chi connectivity index (χ0v) is 14.5. The van der Waals surface area contributed by atoms with Gasteiger partial charge in [-0.2, -0.15) is 0 Å². The Kier molecular flexibility index (Phi) is 7.88. The number of nitro groups is 1. The number of carbonyl (C=O) groups is 2. The molecule has 0 fully saturated rings. The molecule has 1 unspecified atom stereocenters. The molecule has 0 spiro atoms. The zero-order valence-electron chi connectivity index (χ0n) is 14.5. The lowest BCUT2D eigenvalue weighted by Crippen LogP contribution is -2.37. The Morgan fingerprint density at radius 2 is 1.58 bits per heavy atom. The Morgan fingerprint density at radius 1 is 1.12 bits per heavy atom. The van der Waals surface area contributed by atoms with E-state index in [4.69, 9.17) is 14.2 Å². The van der Waals surface area contributed by atoms with Crippen molar-refractivity contribution in [3.63, 3.8) is 0 Å². The number of carbonyl (C=O) groups excluding carboxylic acids is 2. The second-order valence-corrected chi connectivity index (χ2v) is 5.11. The van der Waals surface area contributed by atoms with E-state index in [1.807, 2.05) is 0 Å². The average Bonchev–Trinajstić information content (AvgIpc) is 2.54. The van der Waals surface area contributed by atoms with Gasteiger partial charge in [0.1, 0.15) is 17.4 Å². The van der Waals surface area contributed by atoms with Crippen molar-refractivity contribution in [2.75, 3.05) is 26.9 Å². The number of halogens is 2. The summed E-state index contributed by atoms with van der Waals surface area (Å²) in [6.45, 7) is 1.57. The van der Waals surface area contributed by atoms with Gasteiger partial charge in [-0.1, -0.05) is 0 Å². The Bertz CT molecular complexity index is 640. The van der Waals surface area contributed by atoms with Gasteiger partial charge >= 0.3 is 11.9 Å². The topological polar surface area (TPSA) is 105 Å². The van der Waals surface area contributed by atoms with E-state index in [1.165, 1.54) is 21.0 Å². The van der Waals surface area contributed by atoms with Crippen LogP contribution in [-0.2, 0) is 19.1 Å². The minimum atomic E-state index is -1.89. The van der Waals surface area contributed by atoms with Crippen LogP contribution in [0.1, 0.15) is 25.3 Å². The van der Waals surface area contributed by atoms with E-state index in [0.717, 1.165) is 12.1 Å². The van der Waals surface area contributed by atoms with Crippen LogP contribution in [0.3, 0.4) is 0 Å². The summed E-state index contributed by atoms with van der Waals surface area (Å²) in [5.74, 6) is -8.50. The fourth-order valence-electron chi connectivity index (χ4n) is 2.45. The van der Waals surface area contributed by atoms with Crippen molar-refractivity contribution in [3.8, 4) is 5.75 Å². The lowest BCUT2D eigenvalue weighted by atomic mass is 9.85. The second kappa shape index (κ2) is 9.64. The van der Waals surface area contributed by atoms with Crippen molar-refractivity contribution in [1.82, 2.24) is 0 Å². The molecule has 144 valence electrons. The standard InChI is InChI=1S/C16H19F2NO7/c1-4-25-15(20)14(16(21)26-5-2)10(8-19(22)23)13-11(17)6-9(24-3)7-12(13)18/h6-7,10,14H,4-5,8H2,1-3H3. The fraction of sp³-hybridized carbons (Fsp3) is 0.500. The van der Waals surface area contributed by atoms with Crippen molar-refractivity contribution in [3.05, 3.63) is 39.4 Å². The van der Waals surface area contributed by atoms with E-state index in [9.17, 15) is 28.5 Å². The molecule has 1 aromatic carbocycles. The van der Waals surface area contributed by atoms with Crippen LogP contribution in [0.2, 0.25) is 0 Å². The minimum absolute atomic E-state index is 0.131. The van der Waals surface area contributed by atoms with Crippen LogP contribution in [0.25, 0.3) is 0 Å². The van der Waals surface area contributed by atoms with Gasteiger partial charge in [0.25, 0.3) is 0 Å². The number of hydrogen-bond acceptors (Lipinski definition) is 7. The van der Waals surface area contributed by atoms with Gasteiger partial charge in [-0.05, 0) is 13.8 Å². The molecule has 0 amide bonds. The van der Waals surface area contributed by atoms with Crippen molar-refractivity contribution < 1.29 is 37.5 Å². The van der Waals surface area contributed by atoms with Gasteiger partial charge in [-0.25, -0.2) is 8.78 Å². The van der Waals surface area contributed by atoms with Crippen molar-refractivity contribution in [1.29, 1.82) is 0 Å². The van der Waals surface area contributed by atoms with Crippen LogP contribution in [0.5, 0.6) is 5.75 Å². The molecule has 26 heavy (non-hydrogen) atoms. The highest BCUT2D eigenvalue weighted by molar-refractivity contribution is 5.96. The molecule has 0 saturated heterocycles. The molecule has 0 aromatic heterocycles. The first-order valence-electron chi connectivity index (χ1n) is 7.74. The van der Waals surface area contributed by atoms with Crippen LogP contribution in [-0.4, -0.2) is 43.7 Å². The summed E-state index contributed by atoms with van der Waals surface area (Å²) in [4.78, 5) is 34.5. The Hall–Kier alpha value is -2.78. The predicted octanol–water partition coefficient (Wildman–Crippen LogP) is 2.08. The normalized spacial score (nSPS) is 11.8. The molecule has 1 atom stereocenters. The number of nitrogens with zero attached hydrogens (tertiary/aromatic N) is 1. The van der Waals surface area contributed by atoms with E-state index in [1.54, 1.807) is 0 Å². The number of benzene rings is 1. The van der Waals surface area contributed by atoms with Crippen LogP contribution in [0, 0.1) is 27.7 Å². The molecule has 8 nitrogen and oxygen atoms in total. The van der Waals surface area contributed by atoms with Crippen molar-refractivity contribution in [2.24, 2.45) is 5.92 Å². The minimum Gasteiger partial charge on any atom is -0.497 e. The summed E-state index contributed by atoms with van der Waals surface area (Å²) in [5, 5.41) is 11.0. The van der Waals surface area contributed by atoms with Gasteiger partial charge in [-0.3, -0.25) is 19.7 Å². The maximum atomic E-state index is 14.4. The van der Waals surface area contributed by atoms with Crippen LogP contribution >= 0.6 is 0 Å². The highest BCUT2D eigenvalue weighted by atomic mass is 19.1. The maximum absolute atomic E-state index is 14.4. The van der Waals surface area contributed by atoms with Gasteiger partial charge in [0.2, 0.25) is 6.54 Å². The van der Waals surface area contributed by atoms with Gasteiger partial charge < -0.3 is 14.2 Å². The number of hydrogen-bond donors (Lipinski definition) is 0. The lowest BCUT2D eigenvalue weighted by Gasteiger charge is -2.22. The zero-order chi connectivity index (χ0) is 19.9.